The summed E-state index contributed by atoms with van der Waals surface area (Å²) in [5.41, 5.74) is 7.39. The molecule has 0 aliphatic carbocycles. The maximum atomic E-state index is 9.12. The summed E-state index contributed by atoms with van der Waals surface area (Å²) in [6, 6.07) is 12.4. The summed E-state index contributed by atoms with van der Waals surface area (Å²) in [6.45, 7) is 0.607. The minimum absolute atomic E-state index is 0.257. The summed E-state index contributed by atoms with van der Waals surface area (Å²) in [7, 11) is 0. The fourth-order valence-corrected chi connectivity index (χ4v) is 1.37. The number of aromatic nitrogens is 1. The molecule has 0 aliphatic heterocycles. The van der Waals surface area contributed by atoms with Gasteiger partial charge in [-0.3, -0.25) is 0 Å². The highest BCUT2D eigenvalue weighted by Crippen LogP contribution is 2.14. The lowest BCUT2D eigenvalue weighted by Gasteiger charge is -2.06. The summed E-state index contributed by atoms with van der Waals surface area (Å²) in [6.07, 6.45) is 0. The zero-order chi connectivity index (χ0) is 11.4. The molecule has 0 saturated heterocycles. The molecule has 4 N–H and O–H groups in total. The molecule has 1 aromatic carbocycles. The normalized spacial score (nSPS) is 10.0. The van der Waals surface area contributed by atoms with E-state index in [2.05, 4.69) is 10.3 Å². The van der Waals surface area contributed by atoms with Crippen LogP contribution in [-0.2, 0) is 6.54 Å². The number of nitrogens with two attached hydrogens (primary N) is 1. The standard InChI is InChI=1S/C12H13N3O/c13-12-3-1-2-10(15-12)8-14-9-4-6-11(16)7-5-9/h1-7,14,16H,8H2,(H2,13,15). The van der Waals surface area contributed by atoms with Crippen molar-refractivity contribution in [3.63, 3.8) is 0 Å². The van der Waals surface area contributed by atoms with E-state index in [1.807, 2.05) is 24.3 Å². The van der Waals surface area contributed by atoms with Crippen molar-refractivity contribution in [2.45, 2.75) is 6.54 Å². The molecule has 0 bridgehead atoms. The van der Waals surface area contributed by atoms with Crippen molar-refractivity contribution < 1.29 is 5.11 Å². The van der Waals surface area contributed by atoms with Crippen LogP contribution in [0.2, 0.25) is 0 Å². The molecule has 0 atom stereocenters. The van der Waals surface area contributed by atoms with Gasteiger partial charge in [-0.05, 0) is 36.4 Å². The Morgan fingerprint density at radius 2 is 1.88 bits per heavy atom. The Balaban J connectivity index is 1.99. The second kappa shape index (κ2) is 4.53. The summed E-state index contributed by atoms with van der Waals surface area (Å²) in [5.74, 6) is 0.776. The van der Waals surface area contributed by atoms with Crippen LogP contribution in [0.25, 0.3) is 0 Å². The fourth-order valence-electron chi connectivity index (χ4n) is 1.37. The molecule has 82 valence electrons. The smallest absolute Gasteiger partial charge is 0.123 e. The van der Waals surface area contributed by atoms with Crippen molar-refractivity contribution in [3.8, 4) is 5.75 Å². The van der Waals surface area contributed by atoms with Crippen LogP contribution in [0.3, 0.4) is 0 Å². The average Bonchev–Trinajstić information content (AvgIpc) is 2.28. The molecule has 0 amide bonds. The second-order valence-electron chi connectivity index (χ2n) is 3.45. The van der Waals surface area contributed by atoms with Gasteiger partial charge >= 0.3 is 0 Å². The van der Waals surface area contributed by atoms with Gasteiger partial charge < -0.3 is 16.2 Å². The molecule has 0 radical (unpaired) electrons. The topological polar surface area (TPSA) is 71.2 Å². The van der Waals surface area contributed by atoms with Crippen molar-refractivity contribution in [3.05, 3.63) is 48.2 Å². The first-order valence-corrected chi connectivity index (χ1v) is 4.98. The van der Waals surface area contributed by atoms with Gasteiger partial charge in [-0.1, -0.05) is 6.07 Å². The van der Waals surface area contributed by atoms with Crippen molar-refractivity contribution in [1.82, 2.24) is 4.98 Å². The van der Waals surface area contributed by atoms with E-state index in [1.165, 1.54) is 0 Å². The number of nitrogen functional groups attached to an aromatic ring is 1. The van der Waals surface area contributed by atoms with E-state index in [9.17, 15) is 0 Å². The lowest BCUT2D eigenvalue weighted by atomic mass is 10.3. The quantitative estimate of drug-likeness (QED) is 0.685. The van der Waals surface area contributed by atoms with Crippen molar-refractivity contribution in [2.24, 2.45) is 0 Å². The number of anilines is 2. The lowest BCUT2D eigenvalue weighted by molar-refractivity contribution is 0.475. The van der Waals surface area contributed by atoms with E-state index in [0.717, 1.165) is 11.4 Å². The predicted octanol–water partition coefficient (Wildman–Crippen LogP) is 1.98. The van der Waals surface area contributed by atoms with Gasteiger partial charge in [-0.25, -0.2) is 4.98 Å². The number of benzene rings is 1. The summed E-state index contributed by atoms with van der Waals surface area (Å²) >= 11 is 0. The molecule has 1 heterocycles. The average molecular weight is 215 g/mol. The number of rotatable bonds is 3. The van der Waals surface area contributed by atoms with E-state index in [-0.39, 0.29) is 5.75 Å². The van der Waals surface area contributed by atoms with Crippen LogP contribution in [-0.4, -0.2) is 10.1 Å². The first-order chi connectivity index (χ1) is 7.74. The third kappa shape index (κ3) is 2.63. The van der Waals surface area contributed by atoms with Gasteiger partial charge in [0.15, 0.2) is 0 Å². The highest BCUT2D eigenvalue weighted by atomic mass is 16.3. The third-order valence-electron chi connectivity index (χ3n) is 2.17. The number of hydrogen-bond donors (Lipinski definition) is 3. The maximum absolute atomic E-state index is 9.12. The first kappa shape index (κ1) is 10.3. The Morgan fingerprint density at radius 3 is 2.56 bits per heavy atom. The second-order valence-corrected chi connectivity index (χ2v) is 3.45. The monoisotopic (exact) mass is 215 g/mol. The number of nitrogens with one attached hydrogen (secondary N) is 1. The molecule has 0 saturated carbocycles. The van der Waals surface area contributed by atoms with Gasteiger partial charge in [0.2, 0.25) is 0 Å². The Bertz CT molecular complexity index is 468. The summed E-state index contributed by atoms with van der Waals surface area (Å²) in [5, 5.41) is 12.3. The van der Waals surface area contributed by atoms with E-state index >= 15 is 0 Å². The molecule has 0 aliphatic rings. The molecular weight excluding hydrogens is 202 g/mol. The number of phenolic OH excluding ortho intramolecular Hbond substituents is 1. The highest BCUT2D eigenvalue weighted by Gasteiger charge is 1.96. The van der Waals surface area contributed by atoms with Gasteiger partial charge in [-0.2, -0.15) is 0 Å². The van der Waals surface area contributed by atoms with E-state index < -0.39 is 0 Å². The Morgan fingerprint density at radius 1 is 1.12 bits per heavy atom. The molecule has 0 spiro atoms. The number of hydrogen-bond acceptors (Lipinski definition) is 4. The maximum Gasteiger partial charge on any atom is 0.123 e. The molecule has 4 heteroatoms. The Kier molecular flexibility index (Phi) is 2.91. The zero-order valence-electron chi connectivity index (χ0n) is 8.72. The molecule has 16 heavy (non-hydrogen) atoms. The molecule has 2 rings (SSSR count). The first-order valence-electron chi connectivity index (χ1n) is 4.98. The van der Waals surface area contributed by atoms with Crippen LogP contribution in [0.15, 0.2) is 42.5 Å². The number of pyridine rings is 1. The van der Waals surface area contributed by atoms with Crippen LogP contribution >= 0.6 is 0 Å². The third-order valence-corrected chi connectivity index (χ3v) is 2.17. The minimum Gasteiger partial charge on any atom is -0.508 e. The van der Waals surface area contributed by atoms with E-state index in [4.69, 9.17) is 10.8 Å². The Labute approximate surface area is 93.8 Å². The fraction of sp³-hybridized carbons (Fsp3) is 0.0833. The molecule has 4 nitrogen and oxygen atoms in total. The summed E-state index contributed by atoms with van der Waals surface area (Å²) in [4.78, 5) is 4.17. The van der Waals surface area contributed by atoms with Crippen LogP contribution < -0.4 is 11.1 Å². The molecule has 0 fully saturated rings. The Hall–Kier alpha value is -2.23. The van der Waals surface area contributed by atoms with Crippen molar-refractivity contribution in [2.75, 3.05) is 11.1 Å². The van der Waals surface area contributed by atoms with E-state index in [1.54, 1.807) is 18.2 Å². The van der Waals surface area contributed by atoms with Crippen LogP contribution in [0.1, 0.15) is 5.69 Å². The number of aromatic hydroxyl groups is 1. The molecule has 2 aromatic rings. The van der Waals surface area contributed by atoms with Gasteiger partial charge in [0, 0.05) is 5.69 Å². The van der Waals surface area contributed by atoms with Crippen molar-refractivity contribution in [1.29, 1.82) is 0 Å². The lowest BCUT2D eigenvalue weighted by Crippen LogP contribution is -2.02. The predicted molar refractivity (Wildman–Crippen MR) is 64.1 cm³/mol. The van der Waals surface area contributed by atoms with Crippen LogP contribution in [0, 0.1) is 0 Å². The SMILES string of the molecule is Nc1cccc(CNc2ccc(O)cc2)n1. The van der Waals surface area contributed by atoms with Gasteiger partial charge in [0.05, 0.1) is 12.2 Å². The number of nitrogens with zero attached hydrogens (tertiary/aromatic N) is 1. The van der Waals surface area contributed by atoms with Crippen LogP contribution in [0.4, 0.5) is 11.5 Å². The molecular formula is C12H13N3O. The molecule has 1 aromatic heterocycles. The minimum atomic E-state index is 0.257. The van der Waals surface area contributed by atoms with Crippen LogP contribution in [0.5, 0.6) is 5.75 Å². The van der Waals surface area contributed by atoms with Gasteiger partial charge in [0.25, 0.3) is 0 Å². The van der Waals surface area contributed by atoms with Gasteiger partial charge in [0.1, 0.15) is 11.6 Å². The summed E-state index contributed by atoms with van der Waals surface area (Å²) < 4.78 is 0. The van der Waals surface area contributed by atoms with Gasteiger partial charge in [-0.15, -0.1) is 0 Å². The zero-order valence-corrected chi connectivity index (χ0v) is 8.72. The van der Waals surface area contributed by atoms with Crippen molar-refractivity contribution >= 4 is 11.5 Å². The van der Waals surface area contributed by atoms with E-state index in [0.29, 0.717) is 12.4 Å². The largest absolute Gasteiger partial charge is 0.508 e. The number of phenols is 1. The highest BCUT2D eigenvalue weighted by molar-refractivity contribution is 5.46. The molecule has 0 unspecified atom stereocenters.